The van der Waals surface area contributed by atoms with Gasteiger partial charge in [-0.15, -0.1) is 0 Å². The number of rotatable bonds is 8. The lowest BCUT2D eigenvalue weighted by Crippen LogP contribution is -2.30. The van der Waals surface area contributed by atoms with Gasteiger partial charge in [0.25, 0.3) is 0 Å². The molecule has 130 valence electrons. The molecule has 1 aliphatic rings. The van der Waals surface area contributed by atoms with Crippen molar-refractivity contribution in [2.45, 2.75) is 83.3 Å². The quantitative estimate of drug-likeness (QED) is 0.634. The second-order valence-corrected chi connectivity index (χ2v) is 10.8. The fourth-order valence-corrected chi connectivity index (χ4v) is 4.43. The first-order valence-corrected chi connectivity index (χ1v) is 10.8. The van der Waals surface area contributed by atoms with Crippen molar-refractivity contribution in [3.05, 3.63) is 34.9 Å². The molecule has 0 amide bonds. The Morgan fingerprint density at radius 3 is 2.30 bits per heavy atom. The number of unbranched alkanes of at least 4 members (excludes halogenated alkanes) is 4. The van der Waals surface area contributed by atoms with Gasteiger partial charge in [0.05, 0.1) is 10.5 Å². The van der Waals surface area contributed by atoms with E-state index in [9.17, 15) is 8.42 Å². The minimum absolute atomic E-state index is 0.335. The van der Waals surface area contributed by atoms with Gasteiger partial charge in [-0.25, -0.2) is 8.42 Å². The second kappa shape index (κ2) is 7.83. The molecule has 0 atom stereocenters. The van der Waals surface area contributed by atoms with Crippen LogP contribution >= 0.6 is 0 Å². The predicted octanol–water partition coefficient (Wildman–Crippen LogP) is 4.88. The summed E-state index contributed by atoms with van der Waals surface area (Å²) in [5, 5.41) is 0. The van der Waals surface area contributed by atoms with Gasteiger partial charge in [0.2, 0.25) is 0 Å². The van der Waals surface area contributed by atoms with E-state index in [-0.39, 0.29) is 0 Å². The molecular weight excluding hydrogens is 304 g/mol. The number of fused-ring (bicyclic) bond motifs is 1. The first kappa shape index (κ1) is 18.5. The molecular formula is C20H32O2S. The summed E-state index contributed by atoms with van der Waals surface area (Å²) in [5.74, 6) is 0.335. The molecule has 0 aliphatic heterocycles. The van der Waals surface area contributed by atoms with Crippen LogP contribution in [0.5, 0.6) is 0 Å². The Morgan fingerprint density at radius 1 is 0.913 bits per heavy atom. The molecule has 0 fully saturated rings. The Kier molecular flexibility index (Phi) is 6.30. The average molecular weight is 337 g/mol. The van der Waals surface area contributed by atoms with Gasteiger partial charge in [-0.3, -0.25) is 0 Å². The van der Waals surface area contributed by atoms with Crippen molar-refractivity contribution in [1.29, 1.82) is 0 Å². The lowest BCUT2D eigenvalue weighted by Gasteiger charge is -2.18. The van der Waals surface area contributed by atoms with Crippen LogP contribution in [0.4, 0.5) is 0 Å². The van der Waals surface area contributed by atoms with E-state index in [0.29, 0.717) is 5.75 Å². The van der Waals surface area contributed by atoms with Crippen molar-refractivity contribution < 1.29 is 8.42 Å². The average Bonchev–Trinajstić information content (AvgIpc) is 2.92. The van der Waals surface area contributed by atoms with Crippen molar-refractivity contribution in [2.75, 3.05) is 5.75 Å². The van der Waals surface area contributed by atoms with Gasteiger partial charge in [0.1, 0.15) is 0 Å². The Balaban J connectivity index is 1.60. The summed E-state index contributed by atoms with van der Waals surface area (Å²) in [5.41, 5.74) is 4.59. The fourth-order valence-electron chi connectivity index (χ4n) is 3.24. The molecule has 1 aromatic carbocycles. The van der Waals surface area contributed by atoms with Crippen LogP contribution in [0.3, 0.4) is 0 Å². The molecule has 3 heteroatoms. The van der Waals surface area contributed by atoms with E-state index in [4.69, 9.17) is 0 Å². The third kappa shape index (κ3) is 5.34. The standard InChI is InChI=1S/C20H32O2S/c1-20(2,3)23(21,22)15-8-6-4-5-7-10-17-13-14-18-11-9-12-19(18)16-17/h13-14,16H,4-12,15H2,1-3H3. The van der Waals surface area contributed by atoms with Crippen LogP contribution in [-0.2, 0) is 29.1 Å². The third-order valence-corrected chi connectivity index (χ3v) is 7.67. The van der Waals surface area contributed by atoms with E-state index >= 15 is 0 Å². The van der Waals surface area contributed by atoms with Crippen molar-refractivity contribution in [3.8, 4) is 0 Å². The monoisotopic (exact) mass is 336 g/mol. The van der Waals surface area contributed by atoms with Gasteiger partial charge in [-0.1, -0.05) is 37.5 Å². The van der Waals surface area contributed by atoms with Gasteiger partial charge >= 0.3 is 0 Å². The first-order chi connectivity index (χ1) is 10.8. The van der Waals surface area contributed by atoms with E-state index in [1.807, 2.05) is 0 Å². The molecule has 2 rings (SSSR count). The molecule has 0 aromatic heterocycles. The maximum absolute atomic E-state index is 12.0. The normalized spacial score (nSPS) is 14.9. The first-order valence-electron chi connectivity index (χ1n) is 9.12. The number of hydrogen-bond acceptors (Lipinski definition) is 2. The molecule has 0 unspecified atom stereocenters. The molecule has 0 heterocycles. The molecule has 2 nitrogen and oxygen atoms in total. The molecule has 0 bridgehead atoms. The van der Waals surface area contributed by atoms with E-state index < -0.39 is 14.6 Å². The molecule has 0 N–H and O–H groups in total. The largest absolute Gasteiger partial charge is 0.228 e. The summed E-state index contributed by atoms with van der Waals surface area (Å²) in [6.45, 7) is 5.37. The van der Waals surface area contributed by atoms with E-state index in [2.05, 4.69) is 18.2 Å². The SMILES string of the molecule is CC(C)(C)S(=O)(=O)CCCCCCCc1ccc2c(c1)CCC2. The van der Waals surface area contributed by atoms with Crippen LogP contribution in [0, 0.1) is 0 Å². The topological polar surface area (TPSA) is 34.1 Å². The highest BCUT2D eigenvalue weighted by Gasteiger charge is 2.27. The lowest BCUT2D eigenvalue weighted by atomic mass is 10.0. The summed E-state index contributed by atoms with van der Waals surface area (Å²) < 4.78 is 23.4. The Morgan fingerprint density at radius 2 is 1.57 bits per heavy atom. The Labute approximate surface area is 142 Å². The smallest absolute Gasteiger partial charge is 0.155 e. The zero-order valence-corrected chi connectivity index (χ0v) is 15.8. The predicted molar refractivity (Wildman–Crippen MR) is 98.8 cm³/mol. The van der Waals surface area contributed by atoms with Gasteiger partial charge in [-0.05, 0) is 76.0 Å². The summed E-state index contributed by atoms with van der Waals surface area (Å²) in [7, 11) is -2.94. The van der Waals surface area contributed by atoms with Gasteiger partial charge in [0.15, 0.2) is 9.84 Å². The van der Waals surface area contributed by atoms with Crippen molar-refractivity contribution in [2.24, 2.45) is 0 Å². The minimum atomic E-state index is -2.94. The Bertz CT molecular complexity index is 609. The van der Waals surface area contributed by atoms with Crippen LogP contribution in [0.15, 0.2) is 18.2 Å². The maximum atomic E-state index is 12.0. The van der Waals surface area contributed by atoms with E-state index in [1.54, 1.807) is 31.9 Å². The number of hydrogen-bond donors (Lipinski definition) is 0. The summed E-state index contributed by atoms with van der Waals surface area (Å²) in [6.07, 6.45) is 10.4. The van der Waals surface area contributed by atoms with Crippen LogP contribution in [-0.4, -0.2) is 18.9 Å². The molecule has 0 saturated heterocycles. The van der Waals surface area contributed by atoms with Crippen LogP contribution in [0.1, 0.15) is 76.0 Å². The third-order valence-electron chi connectivity index (χ3n) is 4.97. The van der Waals surface area contributed by atoms with Crippen LogP contribution < -0.4 is 0 Å². The fraction of sp³-hybridized carbons (Fsp3) is 0.700. The van der Waals surface area contributed by atoms with Crippen LogP contribution in [0.25, 0.3) is 0 Å². The lowest BCUT2D eigenvalue weighted by molar-refractivity contribution is 0.552. The highest BCUT2D eigenvalue weighted by atomic mass is 32.2. The molecule has 1 aromatic rings. The molecule has 0 radical (unpaired) electrons. The maximum Gasteiger partial charge on any atom is 0.155 e. The second-order valence-electron chi connectivity index (χ2n) is 7.91. The summed E-state index contributed by atoms with van der Waals surface area (Å²) in [6, 6.07) is 7.01. The van der Waals surface area contributed by atoms with E-state index in [1.165, 1.54) is 37.7 Å². The molecule has 0 spiro atoms. The number of sulfone groups is 1. The van der Waals surface area contributed by atoms with Gasteiger partial charge in [0, 0.05) is 0 Å². The van der Waals surface area contributed by atoms with Gasteiger partial charge in [-0.2, -0.15) is 0 Å². The van der Waals surface area contributed by atoms with Gasteiger partial charge < -0.3 is 0 Å². The molecule has 23 heavy (non-hydrogen) atoms. The van der Waals surface area contributed by atoms with Crippen molar-refractivity contribution >= 4 is 9.84 Å². The highest BCUT2D eigenvalue weighted by Crippen LogP contribution is 2.23. The van der Waals surface area contributed by atoms with E-state index in [0.717, 1.165) is 25.7 Å². The van der Waals surface area contributed by atoms with Crippen molar-refractivity contribution in [1.82, 2.24) is 0 Å². The minimum Gasteiger partial charge on any atom is -0.228 e. The highest BCUT2D eigenvalue weighted by molar-refractivity contribution is 7.92. The van der Waals surface area contributed by atoms with Crippen molar-refractivity contribution in [3.63, 3.8) is 0 Å². The molecule has 0 saturated carbocycles. The number of aryl methyl sites for hydroxylation is 3. The molecule has 1 aliphatic carbocycles. The number of benzene rings is 1. The zero-order chi connectivity index (χ0) is 16.9. The zero-order valence-electron chi connectivity index (χ0n) is 15.0. The van der Waals surface area contributed by atoms with Crippen LogP contribution in [0.2, 0.25) is 0 Å². The summed E-state index contributed by atoms with van der Waals surface area (Å²) >= 11 is 0. The summed E-state index contributed by atoms with van der Waals surface area (Å²) in [4.78, 5) is 0. The Hall–Kier alpha value is -0.830.